The first-order chi connectivity index (χ1) is 14.8. The molecule has 1 fully saturated rings. The second-order valence-electron chi connectivity index (χ2n) is 7.33. The molecule has 1 amide bonds. The fourth-order valence-corrected chi connectivity index (χ4v) is 3.51. The van der Waals surface area contributed by atoms with Crippen molar-refractivity contribution in [3.63, 3.8) is 0 Å². The molecule has 4 N–H and O–H groups in total. The summed E-state index contributed by atoms with van der Waals surface area (Å²) in [5.74, 6) is -1.83. The lowest BCUT2D eigenvalue weighted by Gasteiger charge is -2.38. The maximum Gasteiger partial charge on any atom is 0.408 e. The highest BCUT2D eigenvalue weighted by atomic mass is 16.5. The molecule has 2 aromatic rings. The molecule has 1 heterocycles. The number of hydrogen-bond donors (Lipinski definition) is 4. The van der Waals surface area contributed by atoms with E-state index in [1.54, 1.807) is 6.92 Å². The average Bonchev–Trinajstić information content (AvgIpc) is 2.76. The van der Waals surface area contributed by atoms with Crippen LogP contribution in [-0.4, -0.2) is 45.0 Å². The summed E-state index contributed by atoms with van der Waals surface area (Å²) in [5, 5.41) is 22.7. The Labute approximate surface area is 178 Å². The Morgan fingerprint density at radius 3 is 2.55 bits per heavy atom. The van der Waals surface area contributed by atoms with Gasteiger partial charge in [0.1, 0.15) is 18.0 Å². The van der Waals surface area contributed by atoms with Crippen molar-refractivity contribution in [2.45, 2.75) is 50.9 Å². The molecule has 0 atom stereocenters. The number of aliphatic hydroxyl groups is 1. The zero-order valence-corrected chi connectivity index (χ0v) is 17.1. The van der Waals surface area contributed by atoms with E-state index in [1.807, 2.05) is 30.3 Å². The van der Waals surface area contributed by atoms with E-state index >= 15 is 0 Å². The topological polar surface area (TPSA) is 151 Å². The molecule has 1 aromatic heterocycles. The maximum atomic E-state index is 12.6. The summed E-state index contributed by atoms with van der Waals surface area (Å²) in [7, 11) is 0. The molecular weight excluding hydrogens is 406 g/mol. The van der Waals surface area contributed by atoms with Gasteiger partial charge in [-0.3, -0.25) is 4.79 Å². The largest absolute Gasteiger partial charge is 0.501 e. The lowest BCUT2D eigenvalue weighted by molar-refractivity contribution is 0.0509. The van der Waals surface area contributed by atoms with E-state index in [-0.39, 0.29) is 31.9 Å². The van der Waals surface area contributed by atoms with Gasteiger partial charge in [0.15, 0.2) is 5.69 Å². The minimum atomic E-state index is -1.19. The molecule has 0 unspecified atom stereocenters. The van der Waals surface area contributed by atoms with Crippen molar-refractivity contribution >= 4 is 12.1 Å². The molecule has 1 aliphatic carbocycles. The number of nitrogens with zero attached hydrogens (tertiary/aromatic N) is 1. The molecule has 31 heavy (non-hydrogen) atoms. The maximum absolute atomic E-state index is 12.6. The Morgan fingerprint density at radius 1 is 1.23 bits per heavy atom. The molecule has 3 rings (SSSR count). The van der Waals surface area contributed by atoms with Crippen molar-refractivity contribution in [2.24, 2.45) is 0 Å². The molecule has 166 valence electrons. The Morgan fingerprint density at radius 2 is 1.90 bits per heavy atom. The van der Waals surface area contributed by atoms with Gasteiger partial charge in [-0.2, -0.15) is 0 Å². The number of esters is 1. The number of alkyl carbamates (subject to hydrolysis) is 1. The number of amides is 1. The van der Waals surface area contributed by atoms with Crippen molar-refractivity contribution < 1.29 is 29.3 Å². The number of aromatic amines is 1. The third-order valence-corrected chi connectivity index (χ3v) is 5.18. The van der Waals surface area contributed by atoms with E-state index in [0.717, 1.165) is 5.56 Å². The lowest BCUT2D eigenvalue weighted by atomic mass is 9.79. The first-order valence-electron chi connectivity index (χ1n) is 10.0. The molecule has 1 aliphatic rings. The van der Waals surface area contributed by atoms with Crippen LogP contribution >= 0.6 is 0 Å². The van der Waals surface area contributed by atoms with Crippen LogP contribution < -0.4 is 10.9 Å². The molecule has 0 saturated heterocycles. The van der Waals surface area contributed by atoms with Crippen LogP contribution in [0.5, 0.6) is 5.75 Å². The number of hydrogen-bond acceptors (Lipinski definition) is 8. The summed E-state index contributed by atoms with van der Waals surface area (Å²) in [5.41, 5.74) is -1.86. The number of benzene rings is 1. The number of carbonyl (C=O) groups is 2. The van der Waals surface area contributed by atoms with E-state index in [0.29, 0.717) is 12.8 Å². The van der Waals surface area contributed by atoms with E-state index in [9.17, 15) is 24.6 Å². The monoisotopic (exact) mass is 431 g/mol. The van der Waals surface area contributed by atoms with Crippen LogP contribution in [0.1, 0.15) is 54.5 Å². The fourth-order valence-electron chi connectivity index (χ4n) is 3.51. The smallest absolute Gasteiger partial charge is 0.408 e. The van der Waals surface area contributed by atoms with E-state index in [1.165, 1.54) is 0 Å². The van der Waals surface area contributed by atoms with E-state index in [2.05, 4.69) is 15.3 Å². The van der Waals surface area contributed by atoms with E-state index < -0.39 is 40.7 Å². The zero-order valence-electron chi connectivity index (χ0n) is 17.1. The predicted octanol–water partition coefficient (Wildman–Crippen LogP) is 1.71. The van der Waals surface area contributed by atoms with Crippen LogP contribution in [0.4, 0.5) is 4.79 Å². The van der Waals surface area contributed by atoms with Crippen molar-refractivity contribution in [1.82, 2.24) is 15.3 Å². The van der Waals surface area contributed by atoms with Crippen molar-refractivity contribution in [3.05, 3.63) is 57.8 Å². The number of ether oxygens (including phenoxy) is 2. The molecule has 0 spiro atoms. The molecule has 10 heteroatoms. The zero-order chi connectivity index (χ0) is 22.4. The van der Waals surface area contributed by atoms with Gasteiger partial charge in [-0.15, -0.1) is 0 Å². The predicted molar refractivity (Wildman–Crippen MR) is 108 cm³/mol. The van der Waals surface area contributed by atoms with Gasteiger partial charge in [-0.1, -0.05) is 30.3 Å². The van der Waals surface area contributed by atoms with Crippen LogP contribution in [0.25, 0.3) is 0 Å². The lowest BCUT2D eigenvalue weighted by Crippen LogP contribution is -2.51. The molecule has 1 aromatic carbocycles. The fraction of sp³-hybridized carbons (Fsp3) is 0.429. The first kappa shape index (κ1) is 22.3. The quantitative estimate of drug-likeness (QED) is 0.505. The molecular formula is C21H25N3O7. The molecule has 10 nitrogen and oxygen atoms in total. The van der Waals surface area contributed by atoms with Crippen LogP contribution in [0.3, 0.4) is 0 Å². The molecule has 0 radical (unpaired) electrons. The van der Waals surface area contributed by atoms with Crippen molar-refractivity contribution in [1.29, 1.82) is 0 Å². The number of rotatable bonds is 6. The Kier molecular flexibility index (Phi) is 6.91. The molecule has 0 bridgehead atoms. The summed E-state index contributed by atoms with van der Waals surface area (Å²) in [6, 6.07) is 9.11. The average molecular weight is 431 g/mol. The number of carbonyl (C=O) groups excluding carboxylic acids is 2. The standard InChI is InChI=1S/C21H25N3O7/c1-2-30-18(28)15-16(26)17(27)23-19(22-15)21(10-8-14(25)9-11-21)24-20(29)31-12-13-6-4-3-5-7-13/h3-7,14,25-26H,2,8-12H2,1H3,(H,24,29)(H,22,23,27). The minimum absolute atomic E-state index is 0.0121. The molecule has 1 saturated carbocycles. The van der Waals surface area contributed by atoms with Gasteiger partial charge in [0.2, 0.25) is 5.75 Å². The van der Waals surface area contributed by atoms with Gasteiger partial charge in [-0.25, -0.2) is 14.6 Å². The van der Waals surface area contributed by atoms with Gasteiger partial charge in [0.25, 0.3) is 5.56 Å². The summed E-state index contributed by atoms with van der Waals surface area (Å²) in [6.45, 7) is 1.65. The van der Waals surface area contributed by atoms with Crippen molar-refractivity contribution in [2.75, 3.05) is 6.61 Å². The molecule has 0 aliphatic heterocycles. The number of aliphatic hydroxyl groups excluding tert-OH is 1. The summed E-state index contributed by atoms with van der Waals surface area (Å²) in [4.78, 5) is 43.5. The minimum Gasteiger partial charge on any atom is -0.501 e. The SMILES string of the molecule is CCOC(=O)c1nc(C2(NC(=O)OCc3ccccc3)CCC(O)CC2)[nH]c(=O)c1O. The highest BCUT2D eigenvalue weighted by Crippen LogP contribution is 2.36. The van der Waals surface area contributed by atoms with Crippen LogP contribution in [0, 0.1) is 0 Å². The summed E-state index contributed by atoms with van der Waals surface area (Å²) >= 11 is 0. The third kappa shape index (κ3) is 5.21. The van der Waals surface area contributed by atoms with Gasteiger partial charge in [-0.05, 0) is 38.2 Å². The van der Waals surface area contributed by atoms with Crippen LogP contribution in [0.15, 0.2) is 35.1 Å². The summed E-state index contributed by atoms with van der Waals surface area (Å²) < 4.78 is 10.2. The number of aromatic hydroxyl groups is 1. The van der Waals surface area contributed by atoms with E-state index in [4.69, 9.17) is 9.47 Å². The number of H-pyrrole nitrogens is 1. The highest BCUT2D eigenvalue weighted by Gasteiger charge is 2.41. The summed E-state index contributed by atoms with van der Waals surface area (Å²) in [6.07, 6.45) is -0.163. The number of aromatic nitrogens is 2. The second kappa shape index (κ2) is 9.61. The van der Waals surface area contributed by atoms with Crippen LogP contribution in [0.2, 0.25) is 0 Å². The van der Waals surface area contributed by atoms with Crippen LogP contribution in [-0.2, 0) is 21.6 Å². The third-order valence-electron chi connectivity index (χ3n) is 5.18. The Bertz CT molecular complexity index is 982. The Hall–Kier alpha value is -3.40. The number of nitrogens with one attached hydrogen (secondary N) is 2. The van der Waals surface area contributed by atoms with Gasteiger partial charge in [0, 0.05) is 0 Å². The highest BCUT2D eigenvalue weighted by molar-refractivity contribution is 5.90. The van der Waals surface area contributed by atoms with Gasteiger partial charge < -0.3 is 30.0 Å². The second-order valence-corrected chi connectivity index (χ2v) is 7.33. The van der Waals surface area contributed by atoms with Gasteiger partial charge in [0.05, 0.1) is 12.7 Å². The normalized spacial score (nSPS) is 20.6. The van der Waals surface area contributed by atoms with Gasteiger partial charge >= 0.3 is 12.1 Å². The Balaban J connectivity index is 1.89. The van der Waals surface area contributed by atoms with Crippen molar-refractivity contribution in [3.8, 4) is 5.75 Å². The first-order valence-corrected chi connectivity index (χ1v) is 10.0.